The van der Waals surface area contributed by atoms with Crippen LogP contribution in [0.15, 0.2) is 109 Å². The molecule has 0 saturated carbocycles. The van der Waals surface area contributed by atoms with Gasteiger partial charge in [0.15, 0.2) is 0 Å². The van der Waals surface area contributed by atoms with E-state index in [2.05, 4.69) is 174 Å². The Morgan fingerprint density at radius 3 is 1.25 bits per heavy atom. The number of halogens is 2. The van der Waals surface area contributed by atoms with E-state index in [1.54, 1.807) is 0 Å². The molecule has 226 valence electrons. The van der Waals surface area contributed by atoms with Crippen molar-refractivity contribution in [3.8, 4) is 22.3 Å². The van der Waals surface area contributed by atoms with E-state index in [1.807, 2.05) is 0 Å². The molecule has 2 radical (unpaired) electrons. The Labute approximate surface area is 285 Å². The van der Waals surface area contributed by atoms with Gasteiger partial charge in [-0.3, -0.25) is 0 Å². The van der Waals surface area contributed by atoms with Crippen LogP contribution in [-0.2, 0) is 20.8 Å². The van der Waals surface area contributed by atoms with Crippen LogP contribution in [0.2, 0.25) is 13.1 Å². The summed E-state index contributed by atoms with van der Waals surface area (Å²) >= 11 is -0.826. The third-order valence-corrected chi connectivity index (χ3v) is 7.14. The van der Waals surface area contributed by atoms with Crippen molar-refractivity contribution in [2.24, 2.45) is 0 Å². The Hall–Kier alpha value is -2.62. The molecular formula is C38H42Cl2N2SiZr. The summed E-state index contributed by atoms with van der Waals surface area (Å²) in [5.74, 6) is 0. The molecule has 0 aromatic heterocycles. The van der Waals surface area contributed by atoms with Crippen molar-refractivity contribution in [2.75, 3.05) is 38.0 Å². The van der Waals surface area contributed by atoms with Crippen LogP contribution in [0.1, 0.15) is 11.1 Å². The molecule has 0 heterocycles. The molecule has 44 heavy (non-hydrogen) atoms. The topological polar surface area (TPSA) is 6.48 Å². The van der Waals surface area contributed by atoms with Crippen LogP contribution in [-0.4, -0.2) is 37.7 Å². The average molecular weight is 717 g/mol. The summed E-state index contributed by atoms with van der Waals surface area (Å²) in [6.07, 6.45) is 0. The number of benzene rings is 4. The quantitative estimate of drug-likeness (QED) is 0.132. The van der Waals surface area contributed by atoms with Crippen molar-refractivity contribution in [2.45, 2.75) is 26.9 Å². The first kappa shape index (κ1) is 35.9. The van der Waals surface area contributed by atoms with Gasteiger partial charge in [-0.25, -0.2) is 0 Å². The van der Waals surface area contributed by atoms with E-state index in [9.17, 15) is 0 Å². The predicted octanol–water partition coefficient (Wildman–Crippen LogP) is 11.4. The Kier molecular flexibility index (Phi) is 14.5. The van der Waals surface area contributed by atoms with Gasteiger partial charge in [-0.05, 0) is 35.4 Å². The van der Waals surface area contributed by atoms with Gasteiger partial charge in [-0.2, -0.15) is 12.1 Å². The first-order valence-corrected chi connectivity index (χ1v) is 22.9. The van der Waals surface area contributed by atoms with Gasteiger partial charge in [0.1, 0.15) is 0 Å². The van der Waals surface area contributed by atoms with E-state index in [0.29, 0.717) is 0 Å². The van der Waals surface area contributed by atoms with Crippen molar-refractivity contribution in [1.29, 1.82) is 0 Å². The summed E-state index contributed by atoms with van der Waals surface area (Å²) in [5, 5.41) is 5.34. The summed E-state index contributed by atoms with van der Waals surface area (Å²) in [5.41, 5.74) is 10.3. The van der Waals surface area contributed by atoms with Crippen LogP contribution < -0.4 is 9.80 Å². The maximum absolute atomic E-state index is 4.93. The fraction of sp³-hybridized carbons (Fsp3) is 0.211. The summed E-state index contributed by atoms with van der Waals surface area (Å²) in [6.45, 7) is 8.61. The van der Waals surface area contributed by atoms with Crippen molar-refractivity contribution in [1.82, 2.24) is 0 Å². The van der Waals surface area contributed by atoms with E-state index in [0.717, 1.165) is 9.52 Å². The second-order valence-corrected chi connectivity index (χ2v) is 15.9. The summed E-state index contributed by atoms with van der Waals surface area (Å²) in [4.78, 5) is 4.28. The van der Waals surface area contributed by atoms with Crippen molar-refractivity contribution < 1.29 is 20.8 Å². The van der Waals surface area contributed by atoms with E-state index in [1.165, 1.54) is 66.3 Å². The monoisotopic (exact) mass is 714 g/mol. The number of hydrogen-bond acceptors (Lipinski definition) is 2. The molecule has 0 bridgehead atoms. The van der Waals surface area contributed by atoms with E-state index < -0.39 is 20.8 Å². The molecule has 2 nitrogen and oxygen atoms in total. The van der Waals surface area contributed by atoms with Gasteiger partial charge in [0.05, 0.1) is 0 Å². The average Bonchev–Trinajstić information content (AvgIpc) is 3.59. The normalized spacial score (nSPS) is 10.0. The van der Waals surface area contributed by atoms with Crippen LogP contribution in [0.5, 0.6) is 0 Å². The third kappa shape index (κ3) is 9.69. The van der Waals surface area contributed by atoms with Crippen molar-refractivity contribution in [3.63, 3.8) is 0 Å². The molecule has 0 aliphatic heterocycles. The minimum absolute atomic E-state index is 0.826. The van der Waals surface area contributed by atoms with Crippen molar-refractivity contribution >= 4 is 59.5 Å². The zero-order chi connectivity index (χ0) is 32.2. The summed E-state index contributed by atoms with van der Waals surface area (Å²) in [6, 6.07) is 39.5. The van der Waals surface area contributed by atoms with Crippen LogP contribution in [0.25, 0.3) is 43.8 Å². The molecule has 0 aliphatic carbocycles. The molecule has 6 rings (SSSR count). The van der Waals surface area contributed by atoms with Crippen LogP contribution in [0.3, 0.4) is 0 Å². The first-order valence-electron chi connectivity index (χ1n) is 14.6. The van der Waals surface area contributed by atoms with E-state index in [-0.39, 0.29) is 0 Å². The number of hydrogen-bond donors (Lipinski definition) is 0. The SMILES string of the molecule is C[Si]C.Cc1cc2c(-c3cccc(N(C)C)c3)cccc2[cH-]1.Cc1cc2c(-c3cccc(N(C)C)c3)cccc2[cH-]1.[Cl][Zr+2][Cl]. The Bertz CT molecular complexity index is 1620. The number of rotatable bonds is 4. The predicted molar refractivity (Wildman–Crippen MR) is 197 cm³/mol. The van der Waals surface area contributed by atoms with Gasteiger partial charge in [0.25, 0.3) is 0 Å². The number of anilines is 2. The molecule has 0 aliphatic rings. The van der Waals surface area contributed by atoms with Gasteiger partial charge in [0, 0.05) is 49.1 Å². The molecule has 0 spiro atoms. The fourth-order valence-corrected chi connectivity index (χ4v) is 5.18. The molecule has 0 amide bonds. The van der Waals surface area contributed by atoms with Crippen LogP contribution in [0.4, 0.5) is 11.4 Å². The summed E-state index contributed by atoms with van der Waals surface area (Å²) < 4.78 is 0. The second-order valence-electron chi connectivity index (χ2n) is 11.1. The van der Waals surface area contributed by atoms with Crippen LogP contribution in [0, 0.1) is 13.8 Å². The number of aryl methyl sites for hydroxylation is 2. The maximum atomic E-state index is 4.93. The molecule has 6 aromatic rings. The number of nitrogens with zero attached hydrogens (tertiary/aromatic N) is 2. The molecule has 6 heteroatoms. The van der Waals surface area contributed by atoms with Crippen LogP contribution >= 0.6 is 17.0 Å². The van der Waals surface area contributed by atoms with Gasteiger partial charge >= 0.3 is 37.9 Å². The molecule has 6 aromatic carbocycles. The second kappa shape index (κ2) is 17.8. The molecule has 0 fully saturated rings. The standard InChI is InChI=1S/2C18H18N.C2H6Si.2ClH.Zr/c2*1-13-10-14-7-5-9-17(18(14)11-13)15-6-4-8-16(12-15)19(2)3;1-3-2;;;/h2*4-12H,1-3H3;1-2H3;2*1H;/q2*-1;;;;+4/p-2. The third-order valence-electron chi connectivity index (χ3n) is 7.14. The number of fused-ring (bicyclic) bond motifs is 2. The zero-order valence-corrected chi connectivity index (χ0v) is 32.0. The van der Waals surface area contributed by atoms with E-state index in [4.69, 9.17) is 17.0 Å². The Morgan fingerprint density at radius 2 is 0.909 bits per heavy atom. The fourth-order valence-electron chi connectivity index (χ4n) is 5.18. The molecule has 0 atom stereocenters. The first-order chi connectivity index (χ1) is 21.1. The molecular weight excluding hydrogens is 675 g/mol. The van der Waals surface area contributed by atoms with Gasteiger partial charge in [-0.15, -0.1) is 69.1 Å². The Morgan fingerprint density at radius 1 is 0.568 bits per heavy atom. The van der Waals surface area contributed by atoms with Gasteiger partial charge < -0.3 is 9.80 Å². The Balaban J connectivity index is 0.000000204. The molecule has 0 saturated heterocycles. The van der Waals surface area contributed by atoms with Gasteiger partial charge in [0.2, 0.25) is 0 Å². The van der Waals surface area contributed by atoms with Gasteiger partial charge in [-0.1, -0.05) is 74.5 Å². The zero-order valence-electron chi connectivity index (χ0n) is 27.0. The van der Waals surface area contributed by atoms with E-state index >= 15 is 0 Å². The van der Waals surface area contributed by atoms with Crippen molar-refractivity contribution in [3.05, 3.63) is 120 Å². The summed E-state index contributed by atoms with van der Waals surface area (Å²) in [7, 11) is 19.3. The minimum atomic E-state index is -0.826. The molecule has 0 unspecified atom stereocenters. The molecule has 0 N–H and O–H groups in total.